The van der Waals surface area contributed by atoms with Crippen LogP contribution in [-0.2, 0) is 0 Å². The van der Waals surface area contributed by atoms with Crippen molar-refractivity contribution < 1.29 is 23.5 Å². The van der Waals surface area contributed by atoms with Crippen LogP contribution >= 0.6 is 11.3 Å². The van der Waals surface area contributed by atoms with Crippen LogP contribution in [0.15, 0.2) is 63.6 Å². The Morgan fingerprint density at radius 2 is 2.08 bits per heavy atom. The molecule has 132 valence electrons. The summed E-state index contributed by atoms with van der Waals surface area (Å²) in [6.07, 6.45) is 2.85. The van der Waals surface area contributed by atoms with Gasteiger partial charge in [-0.15, -0.1) is 11.3 Å². The second-order valence-corrected chi connectivity index (χ2v) is 5.90. The summed E-state index contributed by atoms with van der Waals surface area (Å²) < 4.78 is 15.5. The third-order valence-electron chi connectivity index (χ3n) is 3.24. The number of benzene rings is 1. The average molecular weight is 370 g/mol. The summed E-state index contributed by atoms with van der Waals surface area (Å²) >= 11 is 1.33. The van der Waals surface area contributed by atoms with Crippen LogP contribution in [0.25, 0.3) is 0 Å². The van der Waals surface area contributed by atoms with E-state index in [9.17, 15) is 9.59 Å². The molecular weight excluding hydrogens is 356 g/mol. The van der Waals surface area contributed by atoms with E-state index >= 15 is 0 Å². The number of hydrazone groups is 1. The average Bonchev–Trinajstić information content (AvgIpc) is 3.36. The second-order valence-electron chi connectivity index (χ2n) is 4.95. The molecule has 0 aliphatic carbocycles. The van der Waals surface area contributed by atoms with Crippen molar-refractivity contribution >= 4 is 29.4 Å². The van der Waals surface area contributed by atoms with Crippen molar-refractivity contribution in [3.05, 3.63) is 70.3 Å². The Morgan fingerprint density at radius 1 is 1.19 bits per heavy atom. The van der Waals surface area contributed by atoms with E-state index in [4.69, 9.17) is 13.9 Å². The van der Waals surface area contributed by atoms with Crippen LogP contribution in [0.2, 0.25) is 0 Å². The molecule has 1 amide bonds. The lowest BCUT2D eigenvalue weighted by Crippen LogP contribution is -2.16. The van der Waals surface area contributed by atoms with Crippen molar-refractivity contribution in [2.24, 2.45) is 5.10 Å². The fourth-order valence-corrected chi connectivity index (χ4v) is 2.64. The maximum Gasteiger partial charge on any atom is 0.379 e. The lowest BCUT2D eigenvalue weighted by atomic mass is 10.2. The first-order valence-corrected chi connectivity index (χ1v) is 8.36. The van der Waals surface area contributed by atoms with Crippen molar-refractivity contribution in [2.45, 2.75) is 0 Å². The van der Waals surface area contributed by atoms with Gasteiger partial charge < -0.3 is 13.9 Å². The van der Waals surface area contributed by atoms with Gasteiger partial charge in [-0.1, -0.05) is 6.07 Å². The first-order chi connectivity index (χ1) is 12.7. The molecule has 0 atom stereocenters. The number of nitrogens with one attached hydrogen (secondary N) is 1. The number of rotatable bonds is 6. The highest BCUT2D eigenvalue weighted by Crippen LogP contribution is 2.28. The number of nitrogens with zero attached hydrogens (tertiary/aromatic N) is 1. The van der Waals surface area contributed by atoms with Gasteiger partial charge in [0, 0.05) is 0 Å². The van der Waals surface area contributed by atoms with Crippen LogP contribution < -0.4 is 14.9 Å². The van der Waals surface area contributed by atoms with E-state index in [0.29, 0.717) is 16.2 Å². The molecule has 26 heavy (non-hydrogen) atoms. The van der Waals surface area contributed by atoms with E-state index in [1.54, 1.807) is 36.4 Å². The Morgan fingerprint density at radius 3 is 2.77 bits per heavy atom. The number of hydrogen-bond acceptors (Lipinski definition) is 7. The Kier molecular flexibility index (Phi) is 5.45. The Hall–Kier alpha value is -3.39. The monoisotopic (exact) mass is 370 g/mol. The number of thiophene rings is 1. The molecule has 0 aliphatic rings. The first kappa shape index (κ1) is 17.4. The molecular formula is C18H14N2O5S. The van der Waals surface area contributed by atoms with Gasteiger partial charge in [-0.2, -0.15) is 5.10 Å². The van der Waals surface area contributed by atoms with E-state index in [2.05, 4.69) is 10.5 Å². The molecule has 0 saturated carbocycles. The van der Waals surface area contributed by atoms with Crippen LogP contribution in [0, 0.1) is 0 Å². The van der Waals surface area contributed by atoms with Crippen LogP contribution in [-0.4, -0.2) is 25.2 Å². The smallest absolute Gasteiger partial charge is 0.379 e. The van der Waals surface area contributed by atoms with Gasteiger partial charge in [0.2, 0.25) is 5.76 Å². The summed E-state index contributed by atoms with van der Waals surface area (Å²) in [4.78, 5) is 24.3. The maximum absolute atomic E-state index is 11.9. The molecule has 0 saturated heterocycles. The number of esters is 1. The quantitative estimate of drug-likeness (QED) is 0.311. The molecule has 0 aliphatic heterocycles. The molecule has 1 aromatic carbocycles. The zero-order valence-corrected chi connectivity index (χ0v) is 14.5. The highest BCUT2D eigenvalue weighted by molar-refractivity contribution is 7.12. The molecule has 0 radical (unpaired) electrons. The van der Waals surface area contributed by atoms with Crippen molar-refractivity contribution in [3.63, 3.8) is 0 Å². The summed E-state index contributed by atoms with van der Waals surface area (Å²) in [7, 11) is 1.46. The van der Waals surface area contributed by atoms with E-state index in [0.717, 1.165) is 0 Å². The number of carbonyl (C=O) groups excluding carboxylic acids is 2. The lowest BCUT2D eigenvalue weighted by Gasteiger charge is -2.08. The normalized spacial score (nSPS) is 10.7. The van der Waals surface area contributed by atoms with Crippen LogP contribution in [0.5, 0.6) is 11.5 Å². The fourth-order valence-electron chi connectivity index (χ4n) is 2.02. The highest BCUT2D eigenvalue weighted by atomic mass is 32.1. The number of carbonyl (C=O) groups is 2. The Balaban J connectivity index is 1.67. The summed E-state index contributed by atoms with van der Waals surface area (Å²) in [6.45, 7) is 0. The third-order valence-corrected chi connectivity index (χ3v) is 4.11. The summed E-state index contributed by atoms with van der Waals surface area (Å²) in [5.74, 6) is -0.230. The van der Waals surface area contributed by atoms with Crippen molar-refractivity contribution in [1.82, 2.24) is 5.43 Å². The van der Waals surface area contributed by atoms with Gasteiger partial charge in [0.25, 0.3) is 5.91 Å². The minimum absolute atomic E-state index is 0.0916. The van der Waals surface area contributed by atoms with Gasteiger partial charge in [-0.05, 0) is 47.3 Å². The van der Waals surface area contributed by atoms with Gasteiger partial charge >= 0.3 is 5.97 Å². The minimum Gasteiger partial charge on any atom is -0.493 e. The number of amides is 1. The molecule has 1 N–H and O–H groups in total. The molecule has 7 nitrogen and oxygen atoms in total. The van der Waals surface area contributed by atoms with Crippen LogP contribution in [0.3, 0.4) is 0 Å². The van der Waals surface area contributed by atoms with Gasteiger partial charge in [-0.3, -0.25) is 4.79 Å². The van der Waals surface area contributed by atoms with Gasteiger partial charge in [0.05, 0.1) is 24.5 Å². The Labute approximate surface area is 152 Å². The molecule has 3 aromatic rings. The molecule has 8 heteroatoms. The second kappa shape index (κ2) is 8.13. The molecule has 2 heterocycles. The molecule has 3 rings (SSSR count). The molecule has 0 fully saturated rings. The Bertz CT molecular complexity index is 917. The van der Waals surface area contributed by atoms with E-state index in [1.807, 2.05) is 5.38 Å². The van der Waals surface area contributed by atoms with E-state index in [1.165, 1.54) is 37.0 Å². The zero-order chi connectivity index (χ0) is 18.4. The summed E-state index contributed by atoms with van der Waals surface area (Å²) in [6, 6.07) is 11.5. The first-order valence-electron chi connectivity index (χ1n) is 7.48. The number of hydrogen-bond donors (Lipinski definition) is 1. The van der Waals surface area contributed by atoms with Crippen molar-refractivity contribution in [2.75, 3.05) is 7.11 Å². The lowest BCUT2D eigenvalue weighted by molar-refractivity contribution is 0.0696. The van der Waals surface area contributed by atoms with Crippen LogP contribution in [0.4, 0.5) is 0 Å². The fraction of sp³-hybridized carbons (Fsp3) is 0.0556. The number of furan rings is 1. The standard InChI is InChI=1S/C18H14N2O5S/c1-23-15-10-12(11-19-20-17(21)16-5-3-9-26-16)6-7-13(15)25-18(22)14-4-2-8-24-14/h2-11H,1H3,(H,20,21). The van der Waals surface area contributed by atoms with Crippen molar-refractivity contribution in [3.8, 4) is 11.5 Å². The molecule has 0 spiro atoms. The molecule has 0 unspecified atom stereocenters. The third kappa shape index (κ3) is 4.17. The predicted octanol–water partition coefficient (Wildman–Crippen LogP) is 3.33. The van der Waals surface area contributed by atoms with Gasteiger partial charge in [-0.25, -0.2) is 10.2 Å². The van der Waals surface area contributed by atoms with Crippen molar-refractivity contribution in [1.29, 1.82) is 0 Å². The number of ether oxygens (including phenoxy) is 2. The SMILES string of the molecule is COc1cc(C=NNC(=O)c2cccs2)ccc1OC(=O)c1ccco1. The van der Waals surface area contributed by atoms with Gasteiger partial charge in [0.15, 0.2) is 11.5 Å². The summed E-state index contributed by atoms with van der Waals surface area (Å²) in [5, 5.41) is 5.72. The maximum atomic E-state index is 11.9. The largest absolute Gasteiger partial charge is 0.493 e. The van der Waals surface area contributed by atoms with E-state index < -0.39 is 5.97 Å². The molecule has 0 bridgehead atoms. The topological polar surface area (TPSA) is 90.1 Å². The highest BCUT2D eigenvalue weighted by Gasteiger charge is 2.14. The van der Waals surface area contributed by atoms with Gasteiger partial charge in [0.1, 0.15) is 0 Å². The number of methoxy groups -OCH3 is 1. The zero-order valence-electron chi connectivity index (χ0n) is 13.7. The summed E-state index contributed by atoms with van der Waals surface area (Å²) in [5.41, 5.74) is 3.10. The van der Waals surface area contributed by atoms with E-state index in [-0.39, 0.29) is 17.4 Å². The predicted molar refractivity (Wildman–Crippen MR) is 96.0 cm³/mol. The van der Waals surface area contributed by atoms with Crippen LogP contribution in [0.1, 0.15) is 25.8 Å². The minimum atomic E-state index is -0.627. The molecule has 2 aromatic heterocycles.